The predicted molar refractivity (Wildman–Crippen MR) is 119 cm³/mol. The normalized spacial score (nSPS) is 17.7. The fourth-order valence-corrected chi connectivity index (χ4v) is 4.43. The van der Waals surface area contributed by atoms with E-state index < -0.39 is 12.1 Å². The molecule has 160 valence electrons. The van der Waals surface area contributed by atoms with Crippen molar-refractivity contribution in [2.45, 2.75) is 64.0 Å². The third-order valence-corrected chi connectivity index (χ3v) is 6.18. The number of rotatable bonds is 10. The number of aromatic nitrogens is 1. The highest BCUT2D eigenvalue weighted by Gasteiger charge is 2.31. The highest BCUT2D eigenvalue weighted by molar-refractivity contribution is 7.10. The fourth-order valence-electron chi connectivity index (χ4n) is 3.72. The summed E-state index contributed by atoms with van der Waals surface area (Å²) in [5.74, 6) is -0.926. The molecule has 0 bridgehead atoms. The van der Waals surface area contributed by atoms with Crippen LogP contribution in [-0.2, 0) is 4.79 Å². The molecule has 1 fully saturated rings. The van der Waals surface area contributed by atoms with Crippen molar-refractivity contribution in [3.63, 3.8) is 0 Å². The molecule has 3 rings (SSSR count). The Labute approximate surface area is 180 Å². The number of carboxylic acids is 1. The molecule has 1 saturated heterocycles. The quantitative estimate of drug-likeness (QED) is 0.517. The van der Waals surface area contributed by atoms with Crippen molar-refractivity contribution in [2.24, 2.45) is 0 Å². The van der Waals surface area contributed by atoms with E-state index in [0.717, 1.165) is 43.4 Å². The highest BCUT2D eigenvalue weighted by Crippen LogP contribution is 2.30. The average molecular weight is 429 g/mol. The number of aliphatic hydroxyl groups is 1. The lowest BCUT2D eigenvalue weighted by Crippen LogP contribution is -2.32. The van der Waals surface area contributed by atoms with Gasteiger partial charge in [0.15, 0.2) is 5.69 Å². The number of aromatic carboxylic acids is 1. The molecule has 7 heteroatoms. The molecule has 30 heavy (non-hydrogen) atoms. The molecule has 2 unspecified atom stereocenters. The number of aliphatic hydroxyl groups excluding tert-OH is 1. The number of carbonyl (C=O) groups is 2. The number of carbonyl (C=O) groups excluding carboxylic acids is 1. The number of benzene rings is 1. The first-order valence-electron chi connectivity index (χ1n) is 10.4. The van der Waals surface area contributed by atoms with Crippen molar-refractivity contribution >= 4 is 35.0 Å². The number of hydrogen-bond donors (Lipinski definition) is 2. The second-order valence-corrected chi connectivity index (χ2v) is 8.46. The van der Waals surface area contributed by atoms with Gasteiger partial charge in [0.05, 0.1) is 6.10 Å². The number of thiazole rings is 1. The summed E-state index contributed by atoms with van der Waals surface area (Å²) in [7, 11) is 0. The predicted octanol–water partition coefficient (Wildman–Crippen LogP) is 5.05. The maximum atomic E-state index is 12.5. The molecule has 6 nitrogen and oxygen atoms in total. The maximum Gasteiger partial charge on any atom is 0.355 e. The minimum Gasteiger partial charge on any atom is -0.476 e. The topological polar surface area (TPSA) is 90.7 Å². The molecule has 0 aliphatic carbocycles. The first kappa shape index (κ1) is 22.2. The molecule has 0 spiro atoms. The molecule has 1 aliphatic rings. The van der Waals surface area contributed by atoms with Crippen LogP contribution in [0.15, 0.2) is 35.7 Å². The summed E-state index contributed by atoms with van der Waals surface area (Å²) < 4.78 is 0. The summed E-state index contributed by atoms with van der Waals surface area (Å²) in [4.78, 5) is 29.3. The summed E-state index contributed by atoms with van der Waals surface area (Å²) in [6.45, 7) is 2.14. The molecule has 2 aromatic rings. The molecule has 2 heterocycles. The van der Waals surface area contributed by atoms with E-state index in [0.29, 0.717) is 17.8 Å². The molecule has 0 radical (unpaired) electrons. The van der Waals surface area contributed by atoms with Gasteiger partial charge in [-0.2, -0.15) is 0 Å². The van der Waals surface area contributed by atoms with Crippen LogP contribution in [0.4, 0.5) is 5.69 Å². The third-order valence-electron chi connectivity index (χ3n) is 5.37. The molecule has 1 amide bonds. The Kier molecular flexibility index (Phi) is 7.76. The number of nitrogens with zero attached hydrogens (tertiary/aromatic N) is 2. The Bertz CT molecular complexity index is 891. The van der Waals surface area contributed by atoms with E-state index in [9.17, 15) is 14.7 Å². The monoisotopic (exact) mass is 428 g/mol. The summed E-state index contributed by atoms with van der Waals surface area (Å²) in [6.07, 6.45) is 9.27. The molecule has 1 aromatic heterocycles. The largest absolute Gasteiger partial charge is 0.476 e. The lowest BCUT2D eigenvalue weighted by atomic mass is 10.0. The highest BCUT2D eigenvalue weighted by atomic mass is 32.1. The van der Waals surface area contributed by atoms with E-state index in [2.05, 4.69) is 11.9 Å². The summed E-state index contributed by atoms with van der Waals surface area (Å²) in [6, 6.07) is 7.71. The van der Waals surface area contributed by atoms with Gasteiger partial charge in [0, 0.05) is 23.5 Å². The van der Waals surface area contributed by atoms with Crippen LogP contribution in [0, 0.1) is 0 Å². The standard InChI is InChI=1S/C23H28N2O4S/c1-2-3-4-7-20(26)16-9-11-18(12-10-16)25-17(13-14-22(25)27)6-5-8-21-24-19(15-30-21)23(28)29/h5,8-12,15,17,20,26H,2-4,6-7,13-14H2,1H3,(H,28,29)/b8-5-. The van der Waals surface area contributed by atoms with E-state index in [1.807, 2.05) is 41.3 Å². The fraction of sp³-hybridized carbons (Fsp3) is 0.435. The number of anilines is 1. The van der Waals surface area contributed by atoms with Crippen LogP contribution in [-0.4, -0.2) is 33.1 Å². The van der Waals surface area contributed by atoms with Gasteiger partial charge >= 0.3 is 5.97 Å². The van der Waals surface area contributed by atoms with Gasteiger partial charge in [-0.1, -0.05) is 44.4 Å². The summed E-state index contributed by atoms with van der Waals surface area (Å²) >= 11 is 1.29. The van der Waals surface area contributed by atoms with Crippen LogP contribution in [0.5, 0.6) is 0 Å². The van der Waals surface area contributed by atoms with Crippen LogP contribution in [0.2, 0.25) is 0 Å². The van der Waals surface area contributed by atoms with E-state index in [-0.39, 0.29) is 17.6 Å². The molecule has 0 saturated carbocycles. The molecule has 2 N–H and O–H groups in total. The van der Waals surface area contributed by atoms with Gasteiger partial charge in [0.25, 0.3) is 0 Å². The van der Waals surface area contributed by atoms with Gasteiger partial charge in [-0.05, 0) is 43.0 Å². The van der Waals surface area contributed by atoms with E-state index >= 15 is 0 Å². The van der Waals surface area contributed by atoms with Crippen molar-refractivity contribution in [3.8, 4) is 0 Å². The van der Waals surface area contributed by atoms with Crippen LogP contribution in [0.3, 0.4) is 0 Å². The third kappa shape index (κ3) is 5.55. The average Bonchev–Trinajstić information content (AvgIpc) is 3.35. The SMILES string of the molecule is CCCCCC(O)c1ccc(N2C(=O)CCC2C/C=C\c2nc(C(=O)O)cs2)cc1. The maximum absolute atomic E-state index is 12.5. The minimum atomic E-state index is -1.03. The van der Waals surface area contributed by atoms with Crippen LogP contribution in [0.25, 0.3) is 6.08 Å². The molecule has 1 aliphatic heterocycles. The Morgan fingerprint density at radius 3 is 2.77 bits per heavy atom. The number of unbranched alkanes of at least 4 members (excludes halogenated alkanes) is 2. The Morgan fingerprint density at radius 2 is 2.10 bits per heavy atom. The lowest BCUT2D eigenvalue weighted by molar-refractivity contribution is -0.117. The zero-order chi connectivity index (χ0) is 21.5. The van der Waals surface area contributed by atoms with Gasteiger partial charge in [0.1, 0.15) is 5.01 Å². The van der Waals surface area contributed by atoms with Crippen LogP contribution in [0.1, 0.15) is 79.0 Å². The summed E-state index contributed by atoms with van der Waals surface area (Å²) in [5, 5.41) is 21.5. The van der Waals surface area contributed by atoms with E-state index in [1.54, 1.807) is 0 Å². The van der Waals surface area contributed by atoms with Crippen molar-refractivity contribution in [1.82, 2.24) is 4.98 Å². The molecule has 1 aromatic carbocycles. The van der Waals surface area contributed by atoms with Crippen molar-refractivity contribution in [3.05, 3.63) is 52.0 Å². The second-order valence-electron chi connectivity index (χ2n) is 7.57. The van der Waals surface area contributed by atoms with Gasteiger partial charge in [0.2, 0.25) is 5.91 Å². The number of carboxylic acid groups (broad SMARTS) is 1. The van der Waals surface area contributed by atoms with E-state index in [1.165, 1.54) is 16.7 Å². The molecular weight excluding hydrogens is 400 g/mol. The smallest absolute Gasteiger partial charge is 0.355 e. The van der Waals surface area contributed by atoms with Gasteiger partial charge in [-0.15, -0.1) is 11.3 Å². The lowest BCUT2D eigenvalue weighted by Gasteiger charge is -2.24. The van der Waals surface area contributed by atoms with E-state index in [4.69, 9.17) is 5.11 Å². The Hall–Kier alpha value is -2.51. The zero-order valence-corrected chi connectivity index (χ0v) is 18.0. The second kappa shape index (κ2) is 10.5. The van der Waals surface area contributed by atoms with Crippen LogP contribution >= 0.6 is 11.3 Å². The van der Waals surface area contributed by atoms with Gasteiger partial charge < -0.3 is 15.1 Å². The van der Waals surface area contributed by atoms with Crippen molar-refractivity contribution in [1.29, 1.82) is 0 Å². The Balaban J connectivity index is 1.62. The number of hydrogen-bond acceptors (Lipinski definition) is 5. The number of amides is 1. The Morgan fingerprint density at radius 1 is 1.33 bits per heavy atom. The molecule has 2 atom stereocenters. The molecular formula is C23H28N2O4S. The summed E-state index contributed by atoms with van der Waals surface area (Å²) in [5.41, 5.74) is 1.79. The van der Waals surface area contributed by atoms with Crippen molar-refractivity contribution in [2.75, 3.05) is 4.90 Å². The van der Waals surface area contributed by atoms with Gasteiger partial charge in [-0.3, -0.25) is 4.79 Å². The van der Waals surface area contributed by atoms with Crippen molar-refractivity contribution < 1.29 is 19.8 Å². The first-order chi connectivity index (χ1) is 14.5. The van der Waals surface area contributed by atoms with Crippen LogP contribution < -0.4 is 4.90 Å². The zero-order valence-electron chi connectivity index (χ0n) is 17.2. The van der Waals surface area contributed by atoms with Gasteiger partial charge in [-0.25, -0.2) is 9.78 Å². The first-order valence-corrected chi connectivity index (χ1v) is 11.3. The minimum absolute atomic E-state index is 0.0503.